The van der Waals surface area contributed by atoms with Gasteiger partial charge in [-0.15, -0.1) is 11.3 Å². The molecule has 34 heavy (non-hydrogen) atoms. The van der Waals surface area contributed by atoms with Gasteiger partial charge < -0.3 is 5.32 Å². The minimum absolute atomic E-state index is 0.238. The van der Waals surface area contributed by atoms with Gasteiger partial charge in [-0.25, -0.2) is 19.3 Å². The smallest absolute Gasteiger partial charge is 0.166 e. The van der Waals surface area contributed by atoms with Crippen molar-refractivity contribution in [3.8, 4) is 21.7 Å². The Kier molecular flexibility index (Phi) is 4.74. The topological polar surface area (TPSA) is 76.5 Å². The van der Waals surface area contributed by atoms with E-state index in [1.165, 1.54) is 17.4 Å². The lowest BCUT2D eigenvalue weighted by atomic mass is 9.96. The molecule has 1 N–H and O–H groups in total. The Bertz CT molecular complexity index is 1620. The zero-order valence-corrected chi connectivity index (χ0v) is 18.9. The summed E-state index contributed by atoms with van der Waals surface area (Å²) >= 11 is 1.68. The van der Waals surface area contributed by atoms with E-state index in [4.69, 9.17) is 0 Å². The number of fused-ring (bicyclic) bond motifs is 2. The van der Waals surface area contributed by atoms with Gasteiger partial charge in [0.05, 0.1) is 27.3 Å². The number of anilines is 1. The minimum atomic E-state index is -0.447. The van der Waals surface area contributed by atoms with Crippen molar-refractivity contribution >= 4 is 39.3 Å². The van der Waals surface area contributed by atoms with E-state index in [0.717, 1.165) is 27.4 Å². The van der Waals surface area contributed by atoms with Crippen LogP contribution in [0.5, 0.6) is 0 Å². The third-order valence-corrected chi connectivity index (χ3v) is 6.67. The molecule has 0 fully saturated rings. The largest absolute Gasteiger partial charge is 0.353 e. The lowest BCUT2D eigenvalue weighted by Gasteiger charge is -2.23. The molecule has 0 saturated heterocycles. The van der Waals surface area contributed by atoms with Gasteiger partial charge >= 0.3 is 0 Å². The Morgan fingerprint density at radius 2 is 1.88 bits per heavy atom. The van der Waals surface area contributed by atoms with Crippen molar-refractivity contribution in [1.29, 1.82) is 0 Å². The molecule has 0 unspecified atom stereocenters. The van der Waals surface area contributed by atoms with Gasteiger partial charge in [0.25, 0.3) is 0 Å². The van der Waals surface area contributed by atoms with E-state index >= 15 is 4.39 Å². The van der Waals surface area contributed by atoms with Crippen molar-refractivity contribution in [2.75, 3.05) is 5.32 Å². The average molecular weight is 465 g/mol. The van der Waals surface area contributed by atoms with Crippen LogP contribution in [-0.2, 0) is 0 Å². The summed E-state index contributed by atoms with van der Waals surface area (Å²) in [6.07, 6.45) is 9.74. The zero-order chi connectivity index (χ0) is 23.2. The number of nitrogens with zero attached hydrogens (tertiary/aromatic N) is 5. The van der Waals surface area contributed by atoms with Gasteiger partial charge in [-0.1, -0.05) is 12.6 Å². The van der Waals surface area contributed by atoms with Crippen molar-refractivity contribution in [1.82, 2.24) is 24.9 Å². The van der Waals surface area contributed by atoms with E-state index in [1.54, 1.807) is 42.1 Å². The molecular formula is C26H17FN6S. The molecule has 6 heterocycles. The van der Waals surface area contributed by atoms with Crippen LogP contribution in [0.1, 0.15) is 16.1 Å². The molecule has 0 saturated carbocycles. The van der Waals surface area contributed by atoms with Crippen LogP contribution in [0, 0.1) is 12.7 Å². The van der Waals surface area contributed by atoms with E-state index in [1.807, 2.05) is 12.1 Å². The number of allylic oxidation sites excluding steroid dienone is 2. The molecule has 0 atom stereocenters. The fourth-order valence-corrected chi connectivity index (χ4v) is 4.99. The number of thiophene rings is 1. The number of hydrogen-bond acceptors (Lipinski definition) is 7. The standard InChI is InChI=1S/C26H17FN6S/c1-14-10-19(33-18-7-9-29-25(21(14)18)20-6-5-15(2)34-20)24-22-23(27)17(16-4-3-8-28-11-16)12-30-26(22)32-13-31-24/h3-13,33H,1H2,2H3. The molecule has 0 aromatic carbocycles. The fraction of sp³-hybridized carbons (Fsp3) is 0.0385. The fourth-order valence-electron chi connectivity index (χ4n) is 4.12. The van der Waals surface area contributed by atoms with E-state index in [0.29, 0.717) is 22.5 Å². The average Bonchev–Trinajstić information content (AvgIpc) is 3.30. The minimum Gasteiger partial charge on any atom is -0.353 e. The van der Waals surface area contributed by atoms with Gasteiger partial charge in [0, 0.05) is 46.4 Å². The summed E-state index contributed by atoms with van der Waals surface area (Å²) in [4.78, 5) is 24.0. The van der Waals surface area contributed by atoms with E-state index < -0.39 is 5.82 Å². The van der Waals surface area contributed by atoms with Crippen LogP contribution in [0.15, 0.2) is 74.1 Å². The third-order valence-electron chi connectivity index (χ3n) is 5.66. The maximum atomic E-state index is 15.8. The normalized spacial score (nSPS) is 12.9. The van der Waals surface area contributed by atoms with Crippen LogP contribution in [0.2, 0.25) is 0 Å². The zero-order valence-electron chi connectivity index (χ0n) is 18.1. The molecule has 6 rings (SSSR count). The maximum Gasteiger partial charge on any atom is 0.166 e. The first-order chi connectivity index (χ1) is 16.6. The van der Waals surface area contributed by atoms with Crippen LogP contribution in [0.25, 0.3) is 44.0 Å². The van der Waals surface area contributed by atoms with Gasteiger partial charge in [0.2, 0.25) is 0 Å². The van der Waals surface area contributed by atoms with Crippen molar-refractivity contribution in [3.63, 3.8) is 0 Å². The molecule has 0 spiro atoms. The molecule has 6 nitrogen and oxygen atoms in total. The molecule has 8 heteroatoms. The number of pyridine rings is 3. The highest BCUT2D eigenvalue weighted by Gasteiger charge is 2.24. The number of aryl methyl sites for hydroxylation is 1. The molecule has 1 aliphatic rings. The summed E-state index contributed by atoms with van der Waals surface area (Å²) in [6.45, 7) is 6.35. The van der Waals surface area contributed by atoms with E-state index in [9.17, 15) is 0 Å². The highest BCUT2D eigenvalue weighted by Crippen LogP contribution is 2.41. The second-order valence-corrected chi connectivity index (χ2v) is 9.14. The first kappa shape index (κ1) is 20.3. The van der Waals surface area contributed by atoms with Crippen molar-refractivity contribution < 1.29 is 4.39 Å². The quantitative estimate of drug-likeness (QED) is 0.346. The van der Waals surface area contributed by atoms with Crippen LogP contribution >= 0.6 is 11.3 Å². The molecule has 0 bridgehead atoms. The molecule has 164 valence electrons. The second kappa shape index (κ2) is 7.93. The SMILES string of the molecule is C=C1C=C(c2ncnc3ncc(-c4cccnc4)c(F)c23)Nc2ccnc(-c3ccc(C)s3)c21. The number of rotatable bonds is 3. The molecule has 0 amide bonds. The van der Waals surface area contributed by atoms with Crippen LogP contribution in [0.3, 0.4) is 0 Å². The second-order valence-electron chi connectivity index (χ2n) is 7.85. The van der Waals surface area contributed by atoms with Crippen LogP contribution in [-0.4, -0.2) is 24.9 Å². The highest BCUT2D eigenvalue weighted by atomic mass is 32.1. The first-order valence-corrected chi connectivity index (χ1v) is 11.4. The molecular weight excluding hydrogens is 447 g/mol. The number of hydrogen-bond donors (Lipinski definition) is 1. The summed E-state index contributed by atoms with van der Waals surface area (Å²) < 4.78 is 15.8. The van der Waals surface area contributed by atoms with Gasteiger partial charge in [0.1, 0.15) is 17.8 Å². The molecule has 0 aliphatic carbocycles. The van der Waals surface area contributed by atoms with Gasteiger partial charge in [-0.2, -0.15) is 0 Å². The van der Waals surface area contributed by atoms with Gasteiger partial charge in [0.15, 0.2) is 5.65 Å². The molecule has 0 radical (unpaired) electrons. The monoisotopic (exact) mass is 464 g/mol. The van der Waals surface area contributed by atoms with Crippen molar-refractivity contribution in [3.05, 3.63) is 96.1 Å². The van der Waals surface area contributed by atoms with Crippen molar-refractivity contribution in [2.24, 2.45) is 0 Å². The summed E-state index contributed by atoms with van der Waals surface area (Å²) in [6, 6.07) is 9.57. The van der Waals surface area contributed by atoms with Crippen LogP contribution < -0.4 is 5.32 Å². The van der Waals surface area contributed by atoms with Gasteiger partial charge in [-0.3, -0.25) is 9.97 Å². The van der Waals surface area contributed by atoms with E-state index in [-0.39, 0.29) is 11.0 Å². The third kappa shape index (κ3) is 3.27. The highest BCUT2D eigenvalue weighted by molar-refractivity contribution is 7.15. The Morgan fingerprint density at radius 3 is 2.68 bits per heavy atom. The van der Waals surface area contributed by atoms with Crippen molar-refractivity contribution in [2.45, 2.75) is 6.92 Å². The Balaban J connectivity index is 1.50. The van der Waals surface area contributed by atoms with Crippen LogP contribution in [0.4, 0.5) is 10.1 Å². The molecule has 5 aromatic heterocycles. The Labute approximate surface area is 198 Å². The summed E-state index contributed by atoms with van der Waals surface area (Å²) in [7, 11) is 0. The Morgan fingerprint density at radius 1 is 0.971 bits per heavy atom. The lowest BCUT2D eigenvalue weighted by Crippen LogP contribution is -2.11. The predicted molar refractivity (Wildman–Crippen MR) is 133 cm³/mol. The van der Waals surface area contributed by atoms with E-state index in [2.05, 4.69) is 55.9 Å². The lowest BCUT2D eigenvalue weighted by molar-refractivity contribution is 0.640. The number of nitrogens with one attached hydrogen (secondary N) is 1. The summed E-state index contributed by atoms with van der Waals surface area (Å²) in [5.41, 5.74) is 5.66. The Hall–Kier alpha value is -4.30. The van der Waals surface area contributed by atoms with Gasteiger partial charge in [-0.05, 0) is 42.8 Å². The molecule has 1 aliphatic heterocycles. The summed E-state index contributed by atoms with van der Waals surface area (Å²) in [5.74, 6) is -0.447. The molecule has 5 aromatic rings. The predicted octanol–water partition coefficient (Wildman–Crippen LogP) is 6.14. The number of aromatic nitrogens is 5. The summed E-state index contributed by atoms with van der Waals surface area (Å²) in [5, 5.41) is 3.65. The maximum absolute atomic E-state index is 15.8. The number of halogens is 1. The first-order valence-electron chi connectivity index (χ1n) is 10.5.